The number of hydrogen-bond donors (Lipinski definition) is 0. The summed E-state index contributed by atoms with van der Waals surface area (Å²) in [5, 5.41) is 0. The van der Waals surface area contributed by atoms with Crippen molar-refractivity contribution in [1.29, 1.82) is 0 Å². The van der Waals surface area contributed by atoms with Gasteiger partial charge in [-0.1, -0.05) is 32.0 Å². The minimum Gasteiger partial charge on any atom is -0.345 e. The second-order valence-electron chi connectivity index (χ2n) is 4.10. The Morgan fingerprint density at radius 2 is 1.93 bits per heavy atom. The van der Waals surface area contributed by atoms with Crippen LogP contribution in [0.15, 0.2) is 24.3 Å². The molecule has 0 spiro atoms. The molecule has 0 bridgehead atoms. The van der Waals surface area contributed by atoms with Crippen LogP contribution in [0.5, 0.6) is 0 Å². The Balaban J connectivity index is 3.12. The summed E-state index contributed by atoms with van der Waals surface area (Å²) >= 11 is 0. The van der Waals surface area contributed by atoms with Crippen LogP contribution in [-0.2, 0) is 0 Å². The first-order valence-electron chi connectivity index (χ1n) is 5.38. The van der Waals surface area contributed by atoms with E-state index in [-0.39, 0.29) is 5.91 Å². The maximum absolute atomic E-state index is 11.9. The summed E-state index contributed by atoms with van der Waals surface area (Å²) in [4.78, 5) is 13.5. The van der Waals surface area contributed by atoms with E-state index < -0.39 is 0 Å². The van der Waals surface area contributed by atoms with Crippen LogP contribution in [0.3, 0.4) is 0 Å². The van der Waals surface area contributed by atoms with Crippen LogP contribution in [-0.4, -0.2) is 24.9 Å². The average Bonchev–Trinajstić information content (AvgIpc) is 2.27. The molecule has 1 amide bonds. The third-order valence-electron chi connectivity index (χ3n) is 2.74. The van der Waals surface area contributed by atoms with E-state index in [0.717, 1.165) is 17.5 Å². The molecular weight excluding hydrogens is 186 g/mol. The van der Waals surface area contributed by atoms with Crippen molar-refractivity contribution >= 4 is 5.91 Å². The van der Waals surface area contributed by atoms with Gasteiger partial charge in [0.15, 0.2) is 0 Å². The topological polar surface area (TPSA) is 20.3 Å². The fraction of sp³-hybridized carbons (Fsp3) is 0.462. The van der Waals surface area contributed by atoms with Gasteiger partial charge < -0.3 is 4.90 Å². The van der Waals surface area contributed by atoms with Gasteiger partial charge in [0.05, 0.1) is 0 Å². The minimum absolute atomic E-state index is 0.0888. The number of hydrogen-bond acceptors (Lipinski definition) is 1. The Hall–Kier alpha value is -1.31. The first-order chi connectivity index (χ1) is 7.07. The summed E-state index contributed by atoms with van der Waals surface area (Å²) in [6, 6.07) is 7.87. The molecule has 2 heteroatoms. The van der Waals surface area contributed by atoms with Gasteiger partial charge in [-0.05, 0) is 24.0 Å². The molecule has 0 saturated carbocycles. The Bertz CT molecular complexity index is 344. The van der Waals surface area contributed by atoms with Gasteiger partial charge in [-0.15, -0.1) is 0 Å². The molecule has 0 aromatic heterocycles. The van der Waals surface area contributed by atoms with E-state index in [1.165, 1.54) is 0 Å². The van der Waals surface area contributed by atoms with Gasteiger partial charge in [0.25, 0.3) is 5.91 Å². The number of rotatable bonds is 3. The number of nitrogens with zero attached hydrogens (tertiary/aromatic N) is 1. The zero-order valence-corrected chi connectivity index (χ0v) is 9.95. The molecule has 0 aliphatic heterocycles. The number of amides is 1. The van der Waals surface area contributed by atoms with Crippen LogP contribution in [0.4, 0.5) is 0 Å². The molecule has 0 aliphatic carbocycles. The number of carbonyl (C=O) groups excluding carboxylic acids is 1. The van der Waals surface area contributed by atoms with Gasteiger partial charge in [0.2, 0.25) is 0 Å². The Morgan fingerprint density at radius 1 is 1.33 bits per heavy atom. The van der Waals surface area contributed by atoms with E-state index in [9.17, 15) is 4.79 Å². The van der Waals surface area contributed by atoms with Gasteiger partial charge >= 0.3 is 0 Å². The molecule has 1 rings (SSSR count). The largest absolute Gasteiger partial charge is 0.345 e. The van der Waals surface area contributed by atoms with Crippen LogP contribution in [0.2, 0.25) is 0 Å². The molecule has 0 fully saturated rings. The highest BCUT2D eigenvalue weighted by Crippen LogP contribution is 2.23. The van der Waals surface area contributed by atoms with E-state index in [2.05, 4.69) is 13.8 Å². The lowest BCUT2D eigenvalue weighted by atomic mass is 9.93. The lowest BCUT2D eigenvalue weighted by molar-refractivity contribution is 0.0826. The first-order valence-corrected chi connectivity index (χ1v) is 5.38. The molecule has 1 unspecified atom stereocenters. The van der Waals surface area contributed by atoms with Crippen molar-refractivity contribution in [3.05, 3.63) is 35.4 Å². The predicted molar refractivity (Wildman–Crippen MR) is 63.2 cm³/mol. The van der Waals surface area contributed by atoms with Crippen molar-refractivity contribution in [3.8, 4) is 0 Å². The second kappa shape index (κ2) is 4.96. The summed E-state index contributed by atoms with van der Waals surface area (Å²) in [5.74, 6) is 0.524. The van der Waals surface area contributed by atoms with Crippen molar-refractivity contribution < 1.29 is 4.79 Å². The Labute approximate surface area is 91.9 Å². The summed E-state index contributed by atoms with van der Waals surface area (Å²) in [7, 11) is 3.57. The highest BCUT2D eigenvalue weighted by Gasteiger charge is 2.15. The number of benzene rings is 1. The van der Waals surface area contributed by atoms with Gasteiger partial charge in [-0.3, -0.25) is 4.79 Å². The summed E-state index contributed by atoms with van der Waals surface area (Å²) < 4.78 is 0. The molecule has 2 nitrogen and oxygen atoms in total. The van der Waals surface area contributed by atoms with Gasteiger partial charge in [0.1, 0.15) is 0 Å². The van der Waals surface area contributed by atoms with Crippen LogP contribution in [0, 0.1) is 0 Å². The molecule has 1 aromatic rings. The lowest BCUT2D eigenvalue weighted by Gasteiger charge is -2.17. The monoisotopic (exact) mass is 205 g/mol. The average molecular weight is 205 g/mol. The van der Waals surface area contributed by atoms with Gasteiger partial charge in [-0.25, -0.2) is 0 Å². The molecule has 0 heterocycles. The molecule has 0 N–H and O–H groups in total. The maximum atomic E-state index is 11.9. The lowest BCUT2D eigenvalue weighted by Crippen LogP contribution is -2.23. The minimum atomic E-state index is 0.0888. The normalized spacial score (nSPS) is 12.3. The molecule has 0 saturated heterocycles. The Morgan fingerprint density at radius 3 is 2.47 bits per heavy atom. The van der Waals surface area contributed by atoms with Gasteiger partial charge in [0, 0.05) is 19.7 Å². The van der Waals surface area contributed by atoms with E-state index in [1.807, 2.05) is 24.3 Å². The SMILES string of the molecule is CCC(C)c1ccccc1C(=O)N(C)C. The van der Waals surface area contributed by atoms with Gasteiger partial charge in [-0.2, -0.15) is 0 Å². The molecule has 1 aromatic carbocycles. The third kappa shape index (κ3) is 2.58. The fourth-order valence-electron chi connectivity index (χ4n) is 1.58. The summed E-state index contributed by atoms with van der Waals surface area (Å²) in [6.07, 6.45) is 1.05. The molecule has 1 atom stereocenters. The van der Waals surface area contributed by atoms with Crippen LogP contribution < -0.4 is 0 Å². The standard InChI is InChI=1S/C13H19NO/c1-5-10(2)11-8-6-7-9-12(11)13(15)14(3)4/h6-10H,5H2,1-4H3. The van der Waals surface area contributed by atoms with Crippen molar-refractivity contribution in [3.63, 3.8) is 0 Å². The highest BCUT2D eigenvalue weighted by molar-refractivity contribution is 5.95. The van der Waals surface area contributed by atoms with E-state index in [4.69, 9.17) is 0 Å². The smallest absolute Gasteiger partial charge is 0.253 e. The molecular formula is C13H19NO. The van der Waals surface area contributed by atoms with E-state index >= 15 is 0 Å². The summed E-state index contributed by atoms with van der Waals surface area (Å²) in [6.45, 7) is 4.29. The molecule has 82 valence electrons. The fourth-order valence-corrected chi connectivity index (χ4v) is 1.58. The van der Waals surface area contributed by atoms with Crippen LogP contribution in [0.1, 0.15) is 42.1 Å². The Kier molecular flexibility index (Phi) is 3.89. The predicted octanol–water partition coefficient (Wildman–Crippen LogP) is 2.90. The zero-order valence-electron chi connectivity index (χ0n) is 9.95. The van der Waals surface area contributed by atoms with E-state index in [0.29, 0.717) is 5.92 Å². The third-order valence-corrected chi connectivity index (χ3v) is 2.74. The van der Waals surface area contributed by atoms with E-state index in [1.54, 1.807) is 19.0 Å². The number of carbonyl (C=O) groups is 1. The van der Waals surface area contributed by atoms with Crippen molar-refractivity contribution in [2.75, 3.05) is 14.1 Å². The maximum Gasteiger partial charge on any atom is 0.253 e. The summed E-state index contributed by atoms with van der Waals surface area (Å²) in [5.41, 5.74) is 1.98. The molecule has 0 radical (unpaired) electrons. The molecule has 0 aliphatic rings. The van der Waals surface area contributed by atoms with Crippen molar-refractivity contribution in [2.24, 2.45) is 0 Å². The van der Waals surface area contributed by atoms with Crippen LogP contribution >= 0.6 is 0 Å². The quantitative estimate of drug-likeness (QED) is 0.743. The van der Waals surface area contributed by atoms with Crippen LogP contribution in [0.25, 0.3) is 0 Å². The second-order valence-corrected chi connectivity index (χ2v) is 4.10. The van der Waals surface area contributed by atoms with Crippen molar-refractivity contribution in [2.45, 2.75) is 26.2 Å². The van der Waals surface area contributed by atoms with Crippen molar-refractivity contribution in [1.82, 2.24) is 4.90 Å². The highest BCUT2D eigenvalue weighted by atomic mass is 16.2. The zero-order chi connectivity index (χ0) is 11.4. The first kappa shape index (κ1) is 11.8. The molecule has 15 heavy (non-hydrogen) atoms.